The normalized spacial score (nSPS) is 16.4. The second-order valence-electron chi connectivity index (χ2n) is 11.2. The summed E-state index contributed by atoms with van der Waals surface area (Å²) in [5.41, 5.74) is 5.29. The van der Waals surface area contributed by atoms with Crippen molar-refractivity contribution in [2.75, 3.05) is 6.54 Å². The van der Waals surface area contributed by atoms with Crippen molar-refractivity contribution in [2.45, 2.75) is 77.3 Å². The Balaban J connectivity index is 1.42. The number of benzene rings is 2. The molecule has 0 atom stereocenters. The molecular formula is C30H34F3NO2. The molecule has 36 heavy (non-hydrogen) atoms. The number of nitrogens with one attached hydrogen (secondary N) is 1. The molecule has 3 aromatic rings. The summed E-state index contributed by atoms with van der Waals surface area (Å²) in [4.78, 5) is 12.6. The van der Waals surface area contributed by atoms with E-state index < -0.39 is 11.7 Å². The maximum Gasteiger partial charge on any atom is 0.416 e. The van der Waals surface area contributed by atoms with E-state index in [4.69, 9.17) is 4.42 Å². The molecule has 0 spiro atoms. The van der Waals surface area contributed by atoms with E-state index >= 15 is 0 Å². The molecule has 0 fully saturated rings. The quantitative estimate of drug-likeness (QED) is 0.383. The first-order chi connectivity index (χ1) is 16.8. The van der Waals surface area contributed by atoms with Crippen LogP contribution in [-0.4, -0.2) is 12.5 Å². The summed E-state index contributed by atoms with van der Waals surface area (Å²) in [5.74, 6) is 0.526. The van der Waals surface area contributed by atoms with Crippen molar-refractivity contribution in [3.63, 3.8) is 0 Å². The lowest BCUT2D eigenvalue weighted by Gasteiger charge is -2.42. The Morgan fingerprint density at radius 2 is 1.64 bits per heavy atom. The predicted octanol–water partition coefficient (Wildman–Crippen LogP) is 7.52. The van der Waals surface area contributed by atoms with Gasteiger partial charge in [-0.25, -0.2) is 0 Å². The van der Waals surface area contributed by atoms with Crippen molar-refractivity contribution in [3.05, 3.63) is 93.4 Å². The van der Waals surface area contributed by atoms with E-state index in [1.807, 2.05) is 6.07 Å². The predicted molar refractivity (Wildman–Crippen MR) is 135 cm³/mol. The molecule has 1 heterocycles. The maximum atomic E-state index is 12.9. The summed E-state index contributed by atoms with van der Waals surface area (Å²) < 4.78 is 44.5. The molecule has 1 aromatic heterocycles. The second kappa shape index (κ2) is 9.45. The lowest BCUT2D eigenvalue weighted by atomic mass is 9.62. The van der Waals surface area contributed by atoms with E-state index in [-0.39, 0.29) is 29.0 Å². The smallest absolute Gasteiger partial charge is 0.416 e. The van der Waals surface area contributed by atoms with E-state index in [9.17, 15) is 18.0 Å². The van der Waals surface area contributed by atoms with Gasteiger partial charge in [-0.15, -0.1) is 0 Å². The molecular weight excluding hydrogens is 463 g/mol. The van der Waals surface area contributed by atoms with Crippen LogP contribution < -0.4 is 5.32 Å². The average Bonchev–Trinajstić information content (AvgIpc) is 3.26. The zero-order valence-corrected chi connectivity index (χ0v) is 21.6. The molecule has 1 amide bonds. The Labute approximate surface area is 211 Å². The van der Waals surface area contributed by atoms with Gasteiger partial charge >= 0.3 is 6.18 Å². The summed E-state index contributed by atoms with van der Waals surface area (Å²) in [6.45, 7) is 11.6. The summed E-state index contributed by atoms with van der Waals surface area (Å²) >= 11 is 0. The number of fused-ring (bicyclic) bond motifs is 1. The van der Waals surface area contributed by atoms with E-state index in [0.717, 1.165) is 25.0 Å². The molecule has 1 aliphatic rings. The maximum absolute atomic E-state index is 12.9. The van der Waals surface area contributed by atoms with Gasteiger partial charge in [-0.1, -0.05) is 58.0 Å². The Hall–Kier alpha value is -3.02. The largest absolute Gasteiger partial charge is 0.456 e. The van der Waals surface area contributed by atoms with E-state index in [1.54, 1.807) is 12.1 Å². The minimum Gasteiger partial charge on any atom is -0.456 e. The Morgan fingerprint density at radius 1 is 0.972 bits per heavy atom. The van der Waals surface area contributed by atoms with Gasteiger partial charge in [-0.05, 0) is 83.0 Å². The summed E-state index contributed by atoms with van der Waals surface area (Å²) in [5, 5.41) is 2.74. The number of alkyl halides is 3. The van der Waals surface area contributed by atoms with Crippen LogP contribution in [0.25, 0.3) is 0 Å². The number of carbonyl (C=O) groups excluding carboxylic acids is 1. The third-order valence-electron chi connectivity index (χ3n) is 7.51. The SMILES string of the molecule is Cc1cc2c(cc1Cc1ccc(C(=O)NCCc3cccc(C(F)(F)F)c3)o1)C(C)(C)CCC2(C)C. The summed E-state index contributed by atoms with van der Waals surface area (Å²) in [7, 11) is 0. The summed E-state index contributed by atoms with van der Waals surface area (Å²) in [6.07, 6.45) is -1.19. The molecule has 0 saturated carbocycles. The van der Waals surface area contributed by atoms with E-state index in [1.165, 1.54) is 28.3 Å². The van der Waals surface area contributed by atoms with Crippen LogP contribution in [0.1, 0.15) is 90.2 Å². The third-order valence-corrected chi connectivity index (χ3v) is 7.51. The first-order valence-corrected chi connectivity index (χ1v) is 12.4. The van der Waals surface area contributed by atoms with Gasteiger partial charge in [0, 0.05) is 13.0 Å². The number of amides is 1. The summed E-state index contributed by atoms with van der Waals surface area (Å²) in [6, 6.07) is 13.2. The van der Waals surface area contributed by atoms with Crippen molar-refractivity contribution in [1.29, 1.82) is 0 Å². The van der Waals surface area contributed by atoms with Crippen molar-refractivity contribution in [2.24, 2.45) is 0 Å². The number of hydrogen-bond donors (Lipinski definition) is 1. The fourth-order valence-electron chi connectivity index (χ4n) is 5.05. The van der Waals surface area contributed by atoms with Crippen molar-refractivity contribution >= 4 is 5.91 Å². The van der Waals surface area contributed by atoms with Crippen molar-refractivity contribution in [3.8, 4) is 0 Å². The molecule has 0 aliphatic heterocycles. The number of rotatable bonds is 6. The minimum absolute atomic E-state index is 0.112. The topological polar surface area (TPSA) is 42.2 Å². The lowest BCUT2D eigenvalue weighted by Crippen LogP contribution is -2.34. The van der Waals surface area contributed by atoms with Crippen LogP contribution in [-0.2, 0) is 29.8 Å². The number of aryl methyl sites for hydroxylation is 1. The standard InChI is InChI=1S/C30H34F3NO2/c1-19-15-24-25(29(4,5)13-12-28(24,2)3)18-21(19)17-23-9-10-26(36-23)27(35)34-14-11-20-7-6-8-22(16-20)30(31,32)33/h6-10,15-16,18H,11-14,17H2,1-5H3,(H,34,35). The average molecular weight is 498 g/mol. The van der Waals surface area contributed by atoms with Crippen LogP contribution in [0.4, 0.5) is 13.2 Å². The van der Waals surface area contributed by atoms with Crippen LogP contribution in [0.2, 0.25) is 0 Å². The first-order valence-electron chi connectivity index (χ1n) is 12.4. The van der Waals surface area contributed by atoms with Crippen LogP contribution >= 0.6 is 0 Å². The number of hydrogen-bond acceptors (Lipinski definition) is 2. The molecule has 0 bridgehead atoms. The molecule has 0 radical (unpaired) electrons. The van der Waals surface area contributed by atoms with Gasteiger partial charge < -0.3 is 9.73 Å². The lowest BCUT2D eigenvalue weighted by molar-refractivity contribution is -0.137. The number of halogens is 3. The van der Waals surface area contributed by atoms with E-state index in [0.29, 0.717) is 24.2 Å². The Bertz CT molecular complexity index is 1270. The molecule has 2 aromatic carbocycles. The van der Waals surface area contributed by atoms with Crippen LogP contribution in [0.5, 0.6) is 0 Å². The van der Waals surface area contributed by atoms with Gasteiger partial charge in [0.05, 0.1) is 5.56 Å². The molecule has 1 aliphatic carbocycles. The molecule has 3 nitrogen and oxygen atoms in total. The first kappa shape index (κ1) is 26.1. The third kappa shape index (κ3) is 5.53. The van der Waals surface area contributed by atoms with Crippen molar-refractivity contribution in [1.82, 2.24) is 5.32 Å². The molecule has 1 N–H and O–H groups in total. The van der Waals surface area contributed by atoms with Crippen LogP contribution in [0.15, 0.2) is 52.9 Å². The highest BCUT2D eigenvalue weighted by molar-refractivity contribution is 5.91. The fraction of sp³-hybridized carbons (Fsp3) is 0.433. The van der Waals surface area contributed by atoms with Crippen molar-refractivity contribution < 1.29 is 22.4 Å². The van der Waals surface area contributed by atoms with Gasteiger partial charge in [-0.2, -0.15) is 13.2 Å². The number of furan rings is 1. The Morgan fingerprint density at radius 3 is 2.31 bits per heavy atom. The van der Waals surface area contributed by atoms with Gasteiger partial charge in [-0.3, -0.25) is 4.79 Å². The van der Waals surface area contributed by atoms with E-state index in [2.05, 4.69) is 52.1 Å². The van der Waals surface area contributed by atoms with Gasteiger partial charge in [0.1, 0.15) is 5.76 Å². The highest BCUT2D eigenvalue weighted by atomic mass is 19.4. The Kier molecular flexibility index (Phi) is 6.84. The second-order valence-corrected chi connectivity index (χ2v) is 11.2. The highest BCUT2D eigenvalue weighted by Crippen LogP contribution is 2.46. The molecule has 4 rings (SSSR count). The molecule has 192 valence electrons. The zero-order valence-electron chi connectivity index (χ0n) is 21.6. The van der Waals surface area contributed by atoms with Gasteiger partial charge in [0.25, 0.3) is 5.91 Å². The molecule has 0 saturated heterocycles. The fourth-order valence-corrected chi connectivity index (χ4v) is 5.05. The molecule has 0 unspecified atom stereocenters. The number of carbonyl (C=O) groups is 1. The molecule has 6 heteroatoms. The van der Waals surface area contributed by atoms with Gasteiger partial charge in [0.2, 0.25) is 0 Å². The monoisotopic (exact) mass is 497 g/mol. The minimum atomic E-state index is -4.38. The van der Waals surface area contributed by atoms with Gasteiger partial charge in [0.15, 0.2) is 5.76 Å². The zero-order chi connectivity index (χ0) is 26.3. The van der Waals surface area contributed by atoms with Crippen LogP contribution in [0.3, 0.4) is 0 Å². The van der Waals surface area contributed by atoms with Crippen LogP contribution in [0, 0.1) is 6.92 Å². The highest BCUT2D eigenvalue weighted by Gasteiger charge is 2.37.